The van der Waals surface area contributed by atoms with Crippen LogP contribution in [-0.2, 0) is 18.9 Å². The molecule has 0 fully saturated rings. The van der Waals surface area contributed by atoms with E-state index in [2.05, 4.69) is 9.97 Å². The van der Waals surface area contributed by atoms with Gasteiger partial charge >= 0.3 is 19.8 Å². The molecular formula is C12H22N3O13P. The number of aliphatic carboxylic acids is 2. The topological polar surface area (TPSA) is 305 Å². The standard InChI is InChI=1S/C7H9N3O4.C5H10O5.H3O4P/c8-4-2-9-6(10-4)3(7(13)14)1-5(11)12;6-1-3(8)5(10)4(9)2-7;1-5(2,3)4/h2-3H,1,8H2,(H,9,10)(H,11,12)(H,13,14);1,3-5,7-10H,2H2;(H3,1,2,3,4). The predicted molar refractivity (Wildman–Crippen MR) is 91.1 cm³/mol. The molecule has 29 heavy (non-hydrogen) atoms. The highest BCUT2D eigenvalue weighted by Gasteiger charge is 2.25. The molecule has 0 saturated heterocycles. The number of nitrogens with zero attached hydrogens (tertiary/aromatic N) is 1. The molecule has 0 radical (unpaired) electrons. The van der Waals surface area contributed by atoms with Crippen LogP contribution >= 0.6 is 7.82 Å². The maximum atomic E-state index is 10.7. The third kappa shape index (κ3) is 15.2. The van der Waals surface area contributed by atoms with Crippen molar-refractivity contribution in [2.75, 3.05) is 12.3 Å². The number of rotatable bonds is 8. The van der Waals surface area contributed by atoms with Gasteiger partial charge < -0.3 is 60.8 Å². The molecule has 0 spiro atoms. The van der Waals surface area contributed by atoms with Crippen LogP contribution in [0.15, 0.2) is 6.20 Å². The fraction of sp³-hybridized carbons (Fsp3) is 0.500. The third-order valence-electron chi connectivity index (χ3n) is 2.69. The Morgan fingerprint density at radius 3 is 1.97 bits per heavy atom. The number of imidazole rings is 1. The Labute approximate surface area is 162 Å². The SMILES string of the molecule is Nc1cnc(C(CC(=O)O)C(=O)O)[nH]1.O=CC(O)C(O)C(O)CO.O=P(O)(O)O. The first-order valence-electron chi connectivity index (χ1n) is 7.27. The minimum Gasteiger partial charge on any atom is -0.481 e. The van der Waals surface area contributed by atoms with E-state index in [1.54, 1.807) is 0 Å². The van der Waals surface area contributed by atoms with E-state index in [1.807, 2.05) is 0 Å². The number of carbonyl (C=O) groups is 3. The number of carbonyl (C=O) groups excluding carboxylic acids is 1. The molecule has 0 aliphatic carbocycles. The summed E-state index contributed by atoms with van der Waals surface area (Å²) in [6.07, 6.45) is -3.91. The summed E-state index contributed by atoms with van der Waals surface area (Å²) in [5.74, 6) is -3.38. The number of anilines is 1. The Morgan fingerprint density at radius 1 is 1.21 bits per heavy atom. The fourth-order valence-corrected chi connectivity index (χ4v) is 1.42. The highest BCUT2D eigenvalue weighted by Crippen LogP contribution is 2.25. The zero-order chi connectivity index (χ0) is 23.4. The lowest BCUT2D eigenvalue weighted by Gasteiger charge is -2.16. The molecule has 0 bridgehead atoms. The lowest BCUT2D eigenvalue weighted by Crippen LogP contribution is -2.40. The van der Waals surface area contributed by atoms with Crippen LogP contribution in [0, 0.1) is 0 Å². The molecule has 0 aliphatic heterocycles. The second-order valence-electron chi connectivity index (χ2n) is 5.09. The van der Waals surface area contributed by atoms with Crippen molar-refractivity contribution in [2.24, 2.45) is 0 Å². The Morgan fingerprint density at radius 2 is 1.69 bits per heavy atom. The van der Waals surface area contributed by atoms with Crippen molar-refractivity contribution in [3.8, 4) is 0 Å². The normalized spacial score (nSPS) is 14.7. The highest BCUT2D eigenvalue weighted by atomic mass is 31.2. The summed E-state index contributed by atoms with van der Waals surface area (Å²) in [5, 5.41) is 51.2. The van der Waals surface area contributed by atoms with Gasteiger partial charge in [-0.25, -0.2) is 9.55 Å². The Hall–Kier alpha value is -2.43. The van der Waals surface area contributed by atoms with Crippen molar-refractivity contribution in [3.05, 3.63) is 12.0 Å². The molecule has 4 unspecified atom stereocenters. The number of nitrogens with two attached hydrogens (primary N) is 1. The number of H-pyrrole nitrogens is 1. The summed E-state index contributed by atoms with van der Waals surface area (Å²) >= 11 is 0. The maximum absolute atomic E-state index is 10.7. The Balaban J connectivity index is 0. The second-order valence-corrected chi connectivity index (χ2v) is 6.12. The lowest BCUT2D eigenvalue weighted by molar-refractivity contribution is -0.145. The number of phosphoric acid groups is 1. The average molecular weight is 447 g/mol. The van der Waals surface area contributed by atoms with Gasteiger partial charge in [0.05, 0.1) is 19.2 Å². The minimum absolute atomic E-state index is 0.0531. The maximum Gasteiger partial charge on any atom is 0.466 e. The van der Waals surface area contributed by atoms with Crippen LogP contribution < -0.4 is 5.73 Å². The van der Waals surface area contributed by atoms with Crippen molar-refractivity contribution in [1.82, 2.24) is 9.97 Å². The van der Waals surface area contributed by atoms with E-state index in [4.69, 9.17) is 55.6 Å². The van der Waals surface area contributed by atoms with Gasteiger partial charge in [-0.05, 0) is 0 Å². The van der Waals surface area contributed by atoms with Crippen molar-refractivity contribution in [1.29, 1.82) is 0 Å². The number of nitrogen functional groups attached to an aromatic ring is 1. The smallest absolute Gasteiger partial charge is 0.466 e. The number of aromatic nitrogens is 2. The number of aromatic amines is 1. The van der Waals surface area contributed by atoms with E-state index < -0.39 is 57.0 Å². The molecule has 1 rings (SSSR count). The van der Waals surface area contributed by atoms with Crippen LogP contribution in [0.3, 0.4) is 0 Å². The van der Waals surface area contributed by atoms with Gasteiger partial charge in [-0.1, -0.05) is 0 Å². The number of aliphatic hydroxyl groups excluding tert-OH is 4. The van der Waals surface area contributed by atoms with Crippen LogP contribution in [0.25, 0.3) is 0 Å². The van der Waals surface area contributed by atoms with Gasteiger partial charge in [0.15, 0.2) is 6.29 Å². The second kappa shape index (κ2) is 13.7. The summed E-state index contributed by atoms with van der Waals surface area (Å²) in [4.78, 5) is 58.5. The molecular weight excluding hydrogens is 425 g/mol. The quantitative estimate of drug-likeness (QED) is 0.133. The van der Waals surface area contributed by atoms with Gasteiger partial charge in [-0.3, -0.25) is 9.59 Å². The number of nitrogens with one attached hydrogen (secondary N) is 1. The third-order valence-corrected chi connectivity index (χ3v) is 2.69. The molecule has 1 aromatic heterocycles. The van der Waals surface area contributed by atoms with Crippen LogP contribution in [-0.4, -0.2) is 98.4 Å². The summed E-state index contributed by atoms with van der Waals surface area (Å²) < 4.78 is 8.88. The molecule has 0 aliphatic rings. The van der Waals surface area contributed by atoms with Crippen LogP contribution in [0.2, 0.25) is 0 Å². The van der Waals surface area contributed by atoms with Gasteiger partial charge in [0.2, 0.25) is 0 Å². The van der Waals surface area contributed by atoms with Gasteiger partial charge in [-0.15, -0.1) is 0 Å². The lowest BCUT2D eigenvalue weighted by atomic mass is 10.1. The van der Waals surface area contributed by atoms with Gasteiger partial charge in [0.1, 0.15) is 35.9 Å². The summed E-state index contributed by atoms with van der Waals surface area (Å²) in [7, 11) is -4.64. The summed E-state index contributed by atoms with van der Waals surface area (Å²) in [6, 6.07) is 0. The van der Waals surface area contributed by atoms with E-state index in [-0.39, 0.29) is 17.9 Å². The van der Waals surface area contributed by atoms with Crippen molar-refractivity contribution in [2.45, 2.75) is 30.7 Å². The van der Waals surface area contributed by atoms with Crippen LogP contribution in [0.4, 0.5) is 5.82 Å². The molecule has 0 aromatic carbocycles. The van der Waals surface area contributed by atoms with E-state index in [0.29, 0.717) is 0 Å². The average Bonchev–Trinajstić information content (AvgIpc) is 3.02. The molecule has 12 N–H and O–H groups in total. The number of hydrogen-bond donors (Lipinski definition) is 11. The number of carboxylic acids is 2. The zero-order valence-electron chi connectivity index (χ0n) is 14.5. The Bertz CT molecular complexity index is 682. The van der Waals surface area contributed by atoms with Crippen molar-refractivity contribution >= 4 is 31.9 Å². The molecule has 17 heteroatoms. The van der Waals surface area contributed by atoms with Crippen LogP contribution in [0.1, 0.15) is 18.2 Å². The molecule has 16 nitrogen and oxygen atoms in total. The summed E-state index contributed by atoms with van der Waals surface area (Å²) in [5.41, 5.74) is 5.29. The molecule has 4 atom stereocenters. The molecule has 0 saturated carbocycles. The highest BCUT2D eigenvalue weighted by molar-refractivity contribution is 7.45. The summed E-state index contributed by atoms with van der Waals surface area (Å²) in [6.45, 7) is -0.688. The Kier molecular flexibility index (Phi) is 13.6. The van der Waals surface area contributed by atoms with Gasteiger partial charge in [0, 0.05) is 0 Å². The van der Waals surface area contributed by atoms with Crippen molar-refractivity contribution < 1.29 is 64.3 Å². The van der Waals surface area contributed by atoms with Crippen molar-refractivity contribution in [3.63, 3.8) is 0 Å². The van der Waals surface area contributed by atoms with Crippen LogP contribution in [0.5, 0.6) is 0 Å². The van der Waals surface area contributed by atoms with Gasteiger partial charge in [0.25, 0.3) is 0 Å². The van der Waals surface area contributed by atoms with E-state index in [0.717, 1.165) is 0 Å². The number of aldehydes is 1. The molecule has 168 valence electrons. The van der Waals surface area contributed by atoms with E-state index in [9.17, 15) is 14.4 Å². The minimum atomic E-state index is -4.64. The van der Waals surface area contributed by atoms with Gasteiger partial charge in [-0.2, -0.15) is 0 Å². The van der Waals surface area contributed by atoms with E-state index >= 15 is 0 Å². The monoisotopic (exact) mass is 447 g/mol. The first-order valence-corrected chi connectivity index (χ1v) is 8.84. The molecule has 1 aromatic rings. The number of aliphatic hydroxyl groups is 4. The predicted octanol–water partition coefficient (Wildman–Crippen LogP) is -4.03. The van der Waals surface area contributed by atoms with E-state index in [1.165, 1.54) is 6.20 Å². The first-order chi connectivity index (χ1) is 13.1. The largest absolute Gasteiger partial charge is 0.481 e. The molecule has 0 amide bonds. The fourth-order valence-electron chi connectivity index (χ4n) is 1.42. The number of hydrogen-bond acceptors (Lipinski definition) is 10. The molecule has 1 heterocycles. The number of carboxylic acid groups (broad SMARTS) is 2. The zero-order valence-corrected chi connectivity index (χ0v) is 15.4. The first kappa shape index (κ1) is 28.8.